The van der Waals surface area contributed by atoms with Gasteiger partial charge in [-0.2, -0.15) is 13.2 Å². The summed E-state index contributed by atoms with van der Waals surface area (Å²) in [4.78, 5) is 49.0. The van der Waals surface area contributed by atoms with Crippen LogP contribution in [0.2, 0.25) is 0 Å². The molecule has 0 saturated carbocycles. The number of nitrogens with one attached hydrogen (secondary N) is 2. The van der Waals surface area contributed by atoms with E-state index in [9.17, 15) is 31.9 Å². The number of nitrogens with zero attached hydrogens (tertiary/aromatic N) is 3. The Hall–Kier alpha value is -4.94. The molecule has 1 atom stereocenters. The average Bonchev–Trinajstić information content (AvgIpc) is 3.23. The predicted octanol–water partition coefficient (Wildman–Crippen LogP) is 3.76. The second kappa shape index (κ2) is 11.4. The van der Waals surface area contributed by atoms with Crippen molar-refractivity contribution < 1.29 is 31.9 Å². The summed E-state index contributed by atoms with van der Waals surface area (Å²) in [5.41, 5.74) is 3.56. The van der Waals surface area contributed by atoms with Gasteiger partial charge in [0.1, 0.15) is 11.6 Å². The van der Waals surface area contributed by atoms with E-state index in [-0.39, 0.29) is 41.8 Å². The smallest absolute Gasteiger partial charge is 0.398 e. The van der Waals surface area contributed by atoms with Gasteiger partial charge in [-0.15, -0.1) is 0 Å². The maximum atomic E-state index is 14.9. The molecule has 2 aromatic carbocycles. The van der Waals surface area contributed by atoms with E-state index in [0.717, 1.165) is 18.4 Å². The molecule has 2 heterocycles. The molecule has 4 N–H and O–H groups in total. The third kappa shape index (κ3) is 6.20. The molecule has 1 aliphatic rings. The van der Waals surface area contributed by atoms with Crippen LogP contribution in [0.25, 0.3) is 17.0 Å². The lowest BCUT2D eigenvalue weighted by molar-refractivity contribution is -0.138. The summed E-state index contributed by atoms with van der Waals surface area (Å²) < 4.78 is 55.7. The van der Waals surface area contributed by atoms with Gasteiger partial charge >= 0.3 is 6.18 Å². The largest absolute Gasteiger partial charge is 0.417 e. The normalized spacial score (nSPS) is 15.9. The van der Waals surface area contributed by atoms with Crippen molar-refractivity contribution in [3.05, 3.63) is 83.1 Å². The molecule has 1 aliphatic heterocycles. The highest BCUT2D eigenvalue weighted by atomic mass is 19.4. The number of hydrogen-bond acceptors (Lipinski definition) is 7. The average molecular weight is 555 g/mol. The number of allylic oxidation sites excluding steroid dienone is 1. The number of benzene rings is 2. The highest BCUT2D eigenvalue weighted by molar-refractivity contribution is 6.07. The van der Waals surface area contributed by atoms with Crippen molar-refractivity contribution in [2.24, 2.45) is 16.6 Å². The van der Waals surface area contributed by atoms with E-state index in [1.54, 1.807) is 30.3 Å². The predicted molar refractivity (Wildman–Crippen MR) is 138 cm³/mol. The van der Waals surface area contributed by atoms with E-state index in [0.29, 0.717) is 5.56 Å². The fourth-order valence-corrected chi connectivity index (χ4v) is 4.07. The molecular weight excluding hydrogens is 532 g/mol. The van der Waals surface area contributed by atoms with E-state index in [1.165, 1.54) is 13.2 Å². The van der Waals surface area contributed by atoms with Crippen molar-refractivity contribution in [3.8, 4) is 11.3 Å². The van der Waals surface area contributed by atoms with Gasteiger partial charge in [0.05, 0.1) is 34.6 Å². The standard InChI is InChI=1S/C27H22F4N6O3/c1-33-8-7-20(32)16-11-17(19(28)12-18(16)27(29,30)31)26(40)35-21-13-34-22(9-15-10-23(38)37-25(15)39)36-24(21)14-5-3-2-4-6-14/h2-8,11-13,15H,9-10,32H2,1H3,(H,35,40)(H,37,38,39). The summed E-state index contributed by atoms with van der Waals surface area (Å²) in [6.45, 7) is 0. The first kappa shape index (κ1) is 28.1. The molecule has 206 valence electrons. The SMILES string of the molecule is CN=CC=C(N)c1cc(C(=O)Nc2cnc(CC3CC(=O)NC3=O)nc2-c2ccccc2)c(F)cc1C(F)(F)F. The minimum Gasteiger partial charge on any atom is -0.398 e. The maximum Gasteiger partial charge on any atom is 0.417 e. The molecule has 0 spiro atoms. The summed E-state index contributed by atoms with van der Waals surface area (Å²) >= 11 is 0. The highest BCUT2D eigenvalue weighted by Crippen LogP contribution is 2.36. The molecule has 1 saturated heterocycles. The molecular formula is C27H22F4N6O3. The number of nitrogens with two attached hydrogens (primary N) is 1. The van der Waals surface area contributed by atoms with Crippen LogP contribution in [-0.4, -0.2) is 41.0 Å². The van der Waals surface area contributed by atoms with Crippen molar-refractivity contribution in [3.63, 3.8) is 0 Å². The van der Waals surface area contributed by atoms with Gasteiger partial charge in [-0.1, -0.05) is 30.3 Å². The molecule has 4 rings (SSSR count). The summed E-state index contributed by atoms with van der Waals surface area (Å²) in [6.07, 6.45) is -1.41. The molecule has 0 aliphatic carbocycles. The van der Waals surface area contributed by atoms with Crippen LogP contribution < -0.4 is 16.4 Å². The Kier molecular flexibility index (Phi) is 8.03. The number of aromatic nitrogens is 2. The van der Waals surface area contributed by atoms with E-state index in [2.05, 4.69) is 25.6 Å². The number of carbonyl (C=O) groups is 3. The number of alkyl halides is 3. The monoisotopic (exact) mass is 554 g/mol. The summed E-state index contributed by atoms with van der Waals surface area (Å²) in [5.74, 6) is -3.78. The Morgan fingerprint density at radius 1 is 1.20 bits per heavy atom. The number of imide groups is 1. The number of amides is 3. The van der Waals surface area contributed by atoms with E-state index in [1.807, 2.05) is 0 Å². The van der Waals surface area contributed by atoms with Gasteiger partial charge in [0.2, 0.25) is 11.8 Å². The molecule has 13 heteroatoms. The fourth-order valence-electron chi connectivity index (χ4n) is 4.07. The van der Waals surface area contributed by atoms with Gasteiger partial charge < -0.3 is 11.1 Å². The molecule has 1 unspecified atom stereocenters. The van der Waals surface area contributed by atoms with Crippen LogP contribution in [0.1, 0.15) is 33.7 Å². The lowest BCUT2D eigenvalue weighted by Crippen LogP contribution is -2.23. The topological polar surface area (TPSA) is 139 Å². The Bertz CT molecular complexity index is 1540. The van der Waals surface area contributed by atoms with Gasteiger partial charge in [-0.25, -0.2) is 14.4 Å². The molecule has 3 aromatic rings. The lowest BCUT2D eigenvalue weighted by atomic mass is 9.99. The van der Waals surface area contributed by atoms with Gasteiger partial charge in [-0.3, -0.25) is 24.7 Å². The zero-order valence-electron chi connectivity index (χ0n) is 20.9. The zero-order chi connectivity index (χ0) is 29.0. The summed E-state index contributed by atoms with van der Waals surface area (Å²) in [7, 11) is 1.39. The zero-order valence-corrected chi connectivity index (χ0v) is 20.9. The van der Waals surface area contributed by atoms with Gasteiger partial charge in [0, 0.05) is 42.9 Å². The van der Waals surface area contributed by atoms with Crippen LogP contribution in [0.3, 0.4) is 0 Å². The van der Waals surface area contributed by atoms with Crippen LogP contribution in [0.5, 0.6) is 0 Å². The quantitative estimate of drug-likeness (QED) is 0.231. The van der Waals surface area contributed by atoms with Crippen molar-refractivity contribution in [2.45, 2.75) is 19.0 Å². The van der Waals surface area contributed by atoms with Crippen molar-refractivity contribution in [1.82, 2.24) is 15.3 Å². The lowest BCUT2D eigenvalue weighted by Gasteiger charge is -2.16. The molecule has 1 fully saturated rings. The first-order valence-corrected chi connectivity index (χ1v) is 11.8. The Morgan fingerprint density at radius 3 is 2.55 bits per heavy atom. The number of carbonyl (C=O) groups excluding carboxylic acids is 3. The van der Waals surface area contributed by atoms with E-state index < -0.39 is 52.3 Å². The molecule has 3 amide bonds. The molecule has 9 nitrogen and oxygen atoms in total. The van der Waals surface area contributed by atoms with Crippen LogP contribution >= 0.6 is 0 Å². The van der Waals surface area contributed by atoms with Crippen molar-refractivity contribution in [1.29, 1.82) is 0 Å². The highest BCUT2D eigenvalue weighted by Gasteiger charge is 2.36. The van der Waals surface area contributed by atoms with Crippen LogP contribution in [-0.2, 0) is 22.2 Å². The minimum atomic E-state index is -4.95. The van der Waals surface area contributed by atoms with Crippen LogP contribution in [0, 0.1) is 11.7 Å². The van der Waals surface area contributed by atoms with Crippen molar-refractivity contribution >= 4 is 35.3 Å². The summed E-state index contributed by atoms with van der Waals surface area (Å²) in [6, 6.07) is 9.47. The second-order valence-corrected chi connectivity index (χ2v) is 8.79. The van der Waals surface area contributed by atoms with E-state index in [4.69, 9.17) is 5.73 Å². The number of anilines is 1. The van der Waals surface area contributed by atoms with Gasteiger partial charge in [-0.05, 0) is 18.2 Å². The number of aliphatic imine (C=N–C) groups is 1. The third-order valence-corrected chi connectivity index (χ3v) is 6.00. The molecule has 40 heavy (non-hydrogen) atoms. The van der Waals surface area contributed by atoms with Gasteiger partial charge in [0.25, 0.3) is 5.91 Å². The van der Waals surface area contributed by atoms with E-state index >= 15 is 0 Å². The Labute approximate surface area is 225 Å². The fraction of sp³-hybridized carbons (Fsp3) is 0.185. The molecule has 0 bridgehead atoms. The van der Waals surface area contributed by atoms with Crippen LogP contribution in [0.4, 0.5) is 23.2 Å². The van der Waals surface area contributed by atoms with Crippen molar-refractivity contribution in [2.75, 3.05) is 12.4 Å². The first-order valence-electron chi connectivity index (χ1n) is 11.8. The van der Waals surface area contributed by atoms with Gasteiger partial charge in [0.15, 0.2) is 0 Å². The maximum absolute atomic E-state index is 14.9. The van der Waals surface area contributed by atoms with Crippen LogP contribution in [0.15, 0.2) is 59.7 Å². The third-order valence-electron chi connectivity index (χ3n) is 6.00. The molecule has 1 aromatic heterocycles. The molecule has 0 radical (unpaired) electrons. The first-order chi connectivity index (χ1) is 19.0. The number of halogens is 4. The second-order valence-electron chi connectivity index (χ2n) is 8.79. The minimum absolute atomic E-state index is 0.0153. The number of hydrogen-bond donors (Lipinski definition) is 3. The summed E-state index contributed by atoms with van der Waals surface area (Å²) in [5, 5.41) is 4.68. The Morgan fingerprint density at radius 2 is 1.93 bits per heavy atom. The Balaban J connectivity index is 1.72. The number of rotatable bonds is 7.